The van der Waals surface area contributed by atoms with Crippen molar-refractivity contribution in [2.45, 2.75) is 13.3 Å². The number of aryl methyl sites for hydroxylation is 1. The average molecular weight is 597 g/mol. The summed E-state index contributed by atoms with van der Waals surface area (Å²) in [7, 11) is -3.13. The second-order valence-electron chi connectivity index (χ2n) is 11.8. The normalized spacial score (nSPS) is 15.5. The Balaban J connectivity index is 1.22. The monoisotopic (exact) mass is 596 g/mol. The van der Waals surface area contributed by atoms with E-state index >= 15 is 4.57 Å². The number of nitrogens with zero attached hydrogens (tertiary/aromatic N) is 2. The Labute approximate surface area is 261 Å². The summed E-state index contributed by atoms with van der Waals surface area (Å²) in [6, 6.07) is 50.9. The molecule has 7 aromatic carbocycles. The maximum atomic E-state index is 15.4. The van der Waals surface area contributed by atoms with Crippen LogP contribution in [0.1, 0.15) is 12.7 Å². The van der Waals surface area contributed by atoms with E-state index in [1.807, 2.05) is 48.5 Å². The van der Waals surface area contributed by atoms with E-state index in [0.717, 1.165) is 56.0 Å². The number of hydrogen-bond donors (Lipinski definition) is 0. The summed E-state index contributed by atoms with van der Waals surface area (Å²) >= 11 is 0. The molecule has 0 aliphatic carbocycles. The van der Waals surface area contributed by atoms with Crippen molar-refractivity contribution in [3.05, 3.63) is 151 Å². The lowest BCUT2D eigenvalue weighted by Crippen LogP contribution is -2.33. The van der Waals surface area contributed by atoms with Gasteiger partial charge in [0.05, 0.1) is 16.7 Å². The second kappa shape index (κ2) is 9.89. The first kappa shape index (κ1) is 26.2. The van der Waals surface area contributed by atoms with Crippen LogP contribution in [0.2, 0.25) is 0 Å². The summed E-state index contributed by atoms with van der Waals surface area (Å²) in [4.78, 5) is 5.00. The second-order valence-corrected chi connectivity index (χ2v) is 14.5. The Kier molecular flexibility index (Phi) is 5.75. The molecule has 1 aliphatic rings. The fraction of sp³-hybridized carbons (Fsp3) is 0.0488. The van der Waals surface area contributed by atoms with Gasteiger partial charge >= 0.3 is 0 Å². The van der Waals surface area contributed by atoms with Gasteiger partial charge in [-0.1, -0.05) is 122 Å². The summed E-state index contributed by atoms with van der Waals surface area (Å²) < 4.78 is 17.6. The van der Waals surface area contributed by atoms with E-state index in [4.69, 9.17) is 4.98 Å². The molecule has 45 heavy (non-hydrogen) atoms. The van der Waals surface area contributed by atoms with Gasteiger partial charge in [-0.05, 0) is 74.1 Å². The molecule has 0 fully saturated rings. The molecule has 0 N–H and O–H groups in total. The van der Waals surface area contributed by atoms with Gasteiger partial charge in [-0.3, -0.25) is 4.57 Å². The minimum absolute atomic E-state index is 0.780. The molecule has 0 saturated heterocycles. The van der Waals surface area contributed by atoms with E-state index in [1.165, 1.54) is 32.7 Å². The third kappa shape index (κ3) is 3.78. The Hall–Kier alpha value is -5.24. The molecule has 0 radical (unpaired) electrons. The Bertz CT molecular complexity index is 2490. The maximum Gasteiger partial charge on any atom is 0.175 e. The average Bonchev–Trinajstić information content (AvgIpc) is 3.50. The predicted octanol–water partition coefficient (Wildman–Crippen LogP) is 9.18. The van der Waals surface area contributed by atoms with Crippen molar-refractivity contribution in [3.8, 4) is 27.9 Å². The Morgan fingerprint density at radius 3 is 2.09 bits per heavy atom. The van der Waals surface area contributed by atoms with Gasteiger partial charge in [0.1, 0.15) is 5.82 Å². The van der Waals surface area contributed by atoms with E-state index in [0.29, 0.717) is 0 Å². The number of para-hydroxylation sites is 1. The molecule has 3 nitrogen and oxygen atoms in total. The minimum atomic E-state index is -3.13. The lowest BCUT2D eigenvalue weighted by atomic mass is 9.92. The van der Waals surface area contributed by atoms with Crippen molar-refractivity contribution in [3.63, 3.8) is 0 Å². The van der Waals surface area contributed by atoms with E-state index in [2.05, 4.69) is 109 Å². The molecule has 214 valence electrons. The Morgan fingerprint density at radius 1 is 0.600 bits per heavy atom. The number of imidazole rings is 1. The van der Waals surface area contributed by atoms with E-state index in [1.54, 1.807) is 0 Å². The first-order valence-electron chi connectivity index (χ1n) is 15.5. The molecule has 1 unspecified atom stereocenters. The van der Waals surface area contributed by atoms with Crippen molar-refractivity contribution in [1.82, 2.24) is 9.55 Å². The van der Waals surface area contributed by atoms with Gasteiger partial charge in [0.25, 0.3) is 0 Å². The zero-order chi connectivity index (χ0) is 30.1. The van der Waals surface area contributed by atoms with Gasteiger partial charge in [-0.15, -0.1) is 0 Å². The summed E-state index contributed by atoms with van der Waals surface area (Å²) in [5, 5.41) is 7.62. The summed E-state index contributed by atoms with van der Waals surface area (Å²) in [5.41, 5.74) is 7.44. The van der Waals surface area contributed by atoms with Gasteiger partial charge in [0.15, 0.2) is 7.14 Å². The van der Waals surface area contributed by atoms with Crippen molar-refractivity contribution >= 4 is 55.6 Å². The smallest absolute Gasteiger partial charge is 0.175 e. The Morgan fingerprint density at radius 2 is 1.29 bits per heavy atom. The van der Waals surface area contributed by atoms with Crippen LogP contribution in [-0.2, 0) is 11.0 Å². The molecule has 1 aromatic heterocycles. The highest BCUT2D eigenvalue weighted by Crippen LogP contribution is 2.50. The van der Waals surface area contributed by atoms with Crippen molar-refractivity contribution < 1.29 is 4.57 Å². The predicted molar refractivity (Wildman–Crippen MR) is 189 cm³/mol. The molecule has 0 saturated carbocycles. The highest BCUT2D eigenvalue weighted by molar-refractivity contribution is 7.86. The first-order valence-corrected chi connectivity index (χ1v) is 17.2. The lowest BCUT2D eigenvalue weighted by molar-refractivity contribution is 0.592. The molecule has 0 bridgehead atoms. The van der Waals surface area contributed by atoms with Gasteiger partial charge < -0.3 is 4.57 Å². The quantitative estimate of drug-likeness (QED) is 0.150. The molecular weight excluding hydrogens is 567 g/mol. The van der Waals surface area contributed by atoms with Crippen LogP contribution in [-0.4, -0.2) is 9.55 Å². The summed E-state index contributed by atoms with van der Waals surface area (Å²) in [6.45, 7) is 2.13. The number of fused-ring (bicyclic) bond motifs is 5. The highest BCUT2D eigenvalue weighted by atomic mass is 31.2. The molecule has 1 atom stereocenters. The van der Waals surface area contributed by atoms with Gasteiger partial charge in [0, 0.05) is 22.3 Å². The van der Waals surface area contributed by atoms with Crippen molar-refractivity contribution in [2.75, 3.05) is 0 Å². The highest BCUT2D eigenvalue weighted by Gasteiger charge is 2.39. The van der Waals surface area contributed by atoms with Crippen LogP contribution < -0.4 is 15.9 Å². The third-order valence-electron chi connectivity index (χ3n) is 9.35. The minimum Gasteiger partial charge on any atom is -0.308 e. The molecule has 0 spiro atoms. The van der Waals surface area contributed by atoms with Gasteiger partial charge in [-0.25, -0.2) is 4.98 Å². The number of aromatic nitrogens is 2. The zero-order valence-electron chi connectivity index (χ0n) is 24.8. The molecule has 0 amide bonds. The number of benzene rings is 7. The van der Waals surface area contributed by atoms with Crippen LogP contribution in [0.25, 0.3) is 60.5 Å². The molecule has 2 heterocycles. The zero-order valence-corrected chi connectivity index (χ0v) is 25.7. The number of hydrogen-bond acceptors (Lipinski definition) is 2. The molecule has 9 rings (SSSR count). The van der Waals surface area contributed by atoms with Crippen molar-refractivity contribution in [2.24, 2.45) is 0 Å². The van der Waals surface area contributed by atoms with E-state index in [9.17, 15) is 0 Å². The van der Waals surface area contributed by atoms with Crippen molar-refractivity contribution in [1.29, 1.82) is 0 Å². The van der Waals surface area contributed by atoms with Crippen LogP contribution in [0.4, 0.5) is 0 Å². The summed E-state index contributed by atoms with van der Waals surface area (Å²) in [6.07, 6.45) is 0.780. The fourth-order valence-corrected chi connectivity index (χ4v) is 10.2. The van der Waals surface area contributed by atoms with Crippen LogP contribution in [0.5, 0.6) is 0 Å². The largest absolute Gasteiger partial charge is 0.308 e. The van der Waals surface area contributed by atoms with E-state index < -0.39 is 7.14 Å². The molecule has 4 heteroatoms. The molecule has 8 aromatic rings. The van der Waals surface area contributed by atoms with Gasteiger partial charge in [0.2, 0.25) is 0 Å². The van der Waals surface area contributed by atoms with Gasteiger partial charge in [-0.2, -0.15) is 0 Å². The first-order chi connectivity index (χ1) is 22.1. The SMILES string of the molecule is CCc1nc2cccc3c2n1-c1cc(-c2ccc(-c4cc5ccccc5c5ccccc45)cc2)ccc1P3(=O)c1ccccc1. The fourth-order valence-electron chi connectivity index (χ4n) is 7.24. The lowest BCUT2D eigenvalue weighted by Gasteiger charge is -2.29. The topological polar surface area (TPSA) is 34.9 Å². The van der Waals surface area contributed by atoms with Crippen LogP contribution >= 0.6 is 7.14 Å². The van der Waals surface area contributed by atoms with Crippen LogP contribution in [0.15, 0.2) is 146 Å². The molecular formula is C41H29N2OP. The molecule has 1 aliphatic heterocycles. The van der Waals surface area contributed by atoms with E-state index in [-0.39, 0.29) is 0 Å². The maximum absolute atomic E-state index is 15.4. The standard InChI is InChI=1S/C41H29N2OP/c1-2-40-42-36-17-10-18-39-41(36)43(40)37-26-29(23-24-38(37)45(39,44)31-12-4-3-5-13-31)27-19-21-28(22-20-27)35-25-30-11-6-7-14-32(30)33-15-8-9-16-34(33)35/h3-26H,2H2,1H3. The number of rotatable bonds is 4. The van der Waals surface area contributed by atoms with Crippen LogP contribution in [0.3, 0.4) is 0 Å². The third-order valence-corrected chi connectivity index (χ3v) is 12.5. The summed E-state index contributed by atoms with van der Waals surface area (Å²) in [5.74, 6) is 0.980. The van der Waals surface area contributed by atoms with Crippen LogP contribution in [0, 0.1) is 0 Å².